The average molecular weight is 550 g/mol. The van der Waals surface area contributed by atoms with Crippen LogP contribution in [0.3, 0.4) is 0 Å². The summed E-state index contributed by atoms with van der Waals surface area (Å²) in [6.07, 6.45) is 3.68. The van der Waals surface area contributed by atoms with Gasteiger partial charge in [-0.1, -0.05) is 18.2 Å². The van der Waals surface area contributed by atoms with Gasteiger partial charge in [-0.05, 0) is 49.1 Å². The molecular weight excluding hydrogens is 520 g/mol. The summed E-state index contributed by atoms with van der Waals surface area (Å²) in [5.41, 5.74) is 3.28. The minimum Gasteiger partial charge on any atom is -0.421 e. The van der Waals surface area contributed by atoms with Gasteiger partial charge >= 0.3 is 6.01 Å². The number of fused-ring (bicyclic) bond motifs is 1. The van der Waals surface area contributed by atoms with E-state index in [4.69, 9.17) is 9.47 Å². The zero-order chi connectivity index (χ0) is 27.6. The molecule has 0 spiro atoms. The average Bonchev–Trinajstić information content (AvgIpc) is 3.66. The maximum atomic E-state index is 14.4. The van der Waals surface area contributed by atoms with Gasteiger partial charge in [0.15, 0.2) is 17.2 Å². The molecule has 2 aromatic heterocycles. The second-order valence-corrected chi connectivity index (χ2v) is 9.94. The third-order valence-electron chi connectivity index (χ3n) is 6.97. The molecule has 2 N–H and O–H groups in total. The Hall–Kier alpha value is -4.16. The molecule has 1 amide bonds. The molecule has 3 heterocycles. The summed E-state index contributed by atoms with van der Waals surface area (Å²) in [6, 6.07) is 9.30. The first-order valence-electron chi connectivity index (χ1n) is 13.3. The standard InChI is InChI=1S/C28H29F2N7O3/c1-17-15-18(5-8-20(17)26(38)33-19-6-7-19)21-16-32-37-25(21)34-28(40-23-4-2-3-22(29)24(23)30)35-27(37)31-9-10-36-11-13-39-14-12-36/h2-5,8,15-16,19H,6-7,9-14H2,1H3,(H,33,38)(H,31,34,35). The fourth-order valence-electron chi connectivity index (χ4n) is 4.61. The number of halogens is 2. The Morgan fingerprint density at radius 2 is 1.98 bits per heavy atom. The van der Waals surface area contributed by atoms with Crippen LogP contribution in [-0.2, 0) is 4.74 Å². The lowest BCUT2D eigenvalue weighted by atomic mass is 10.0. The molecule has 10 nitrogen and oxygen atoms in total. The van der Waals surface area contributed by atoms with Crippen LogP contribution < -0.4 is 15.4 Å². The van der Waals surface area contributed by atoms with E-state index in [0.717, 1.165) is 49.7 Å². The number of nitrogens with one attached hydrogen (secondary N) is 2. The number of nitrogens with zero attached hydrogens (tertiary/aromatic N) is 5. The summed E-state index contributed by atoms with van der Waals surface area (Å²) in [4.78, 5) is 23.8. The van der Waals surface area contributed by atoms with Crippen molar-refractivity contribution in [3.8, 4) is 22.9 Å². The number of anilines is 1. The number of amides is 1. The monoisotopic (exact) mass is 549 g/mol. The van der Waals surface area contributed by atoms with Gasteiger partial charge in [0.1, 0.15) is 0 Å². The van der Waals surface area contributed by atoms with Gasteiger partial charge in [0.05, 0.1) is 19.4 Å². The second kappa shape index (κ2) is 11.1. The van der Waals surface area contributed by atoms with Crippen LogP contribution in [0, 0.1) is 18.6 Å². The van der Waals surface area contributed by atoms with Crippen LogP contribution in [0.15, 0.2) is 42.6 Å². The molecule has 1 saturated heterocycles. The van der Waals surface area contributed by atoms with Crippen LogP contribution in [0.5, 0.6) is 11.8 Å². The van der Waals surface area contributed by atoms with Crippen molar-refractivity contribution in [1.29, 1.82) is 0 Å². The first-order chi connectivity index (χ1) is 19.5. The highest BCUT2D eigenvalue weighted by Gasteiger charge is 2.25. The fourth-order valence-corrected chi connectivity index (χ4v) is 4.61. The van der Waals surface area contributed by atoms with Crippen LogP contribution in [0.25, 0.3) is 16.8 Å². The largest absolute Gasteiger partial charge is 0.421 e. The van der Waals surface area contributed by atoms with Crippen molar-refractivity contribution >= 4 is 17.5 Å². The number of hydrogen-bond acceptors (Lipinski definition) is 8. The van der Waals surface area contributed by atoms with E-state index in [1.165, 1.54) is 12.1 Å². The first kappa shape index (κ1) is 26.1. The Labute approximate surface area is 229 Å². The molecule has 1 saturated carbocycles. The lowest BCUT2D eigenvalue weighted by molar-refractivity contribution is 0.0398. The minimum absolute atomic E-state index is 0.0895. The number of carbonyl (C=O) groups excluding carboxylic acids is 1. The Bertz CT molecular complexity index is 1550. The summed E-state index contributed by atoms with van der Waals surface area (Å²) in [5.74, 6) is -2.24. The van der Waals surface area contributed by atoms with Crippen molar-refractivity contribution in [3.05, 3.63) is 65.4 Å². The Balaban J connectivity index is 1.33. The summed E-state index contributed by atoms with van der Waals surface area (Å²) in [6.45, 7) is 6.25. The Kier molecular flexibility index (Phi) is 7.27. The summed E-state index contributed by atoms with van der Waals surface area (Å²) >= 11 is 0. The SMILES string of the molecule is Cc1cc(-c2cnn3c(NCCN4CCOCC4)nc(Oc4cccc(F)c4F)nc23)ccc1C(=O)NC1CC1. The van der Waals surface area contributed by atoms with Crippen molar-refractivity contribution in [2.75, 3.05) is 44.7 Å². The molecule has 2 aromatic carbocycles. The molecule has 4 aromatic rings. The molecule has 1 aliphatic carbocycles. The second-order valence-electron chi connectivity index (χ2n) is 9.94. The van der Waals surface area contributed by atoms with Gasteiger partial charge in [0, 0.05) is 43.3 Å². The van der Waals surface area contributed by atoms with Crippen LogP contribution >= 0.6 is 0 Å². The molecule has 0 unspecified atom stereocenters. The number of hydrogen-bond donors (Lipinski definition) is 2. The predicted octanol–water partition coefficient (Wildman–Crippen LogP) is 3.81. The fraction of sp³-hybridized carbons (Fsp3) is 0.357. The molecule has 12 heteroatoms. The van der Waals surface area contributed by atoms with Crippen molar-refractivity contribution in [2.45, 2.75) is 25.8 Å². The first-order valence-corrected chi connectivity index (χ1v) is 13.3. The number of carbonyl (C=O) groups is 1. The van der Waals surface area contributed by atoms with Gasteiger partial charge in [-0.25, -0.2) is 4.39 Å². The molecule has 6 rings (SSSR count). The highest BCUT2D eigenvalue weighted by atomic mass is 19.2. The topological polar surface area (TPSA) is 106 Å². The third-order valence-corrected chi connectivity index (χ3v) is 6.97. The normalized spacial score (nSPS) is 15.8. The minimum atomic E-state index is -1.13. The maximum absolute atomic E-state index is 14.4. The van der Waals surface area contributed by atoms with E-state index in [1.54, 1.807) is 16.8 Å². The summed E-state index contributed by atoms with van der Waals surface area (Å²) < 4.78 is 40.8. The van der Waals surface area contributed by atoms with Crippen LogP contribution in [-0.4, -0.2) is 75.8 Å². The van der Waals surface area contributed by atoms with E-state index >= 15 is 0 Å². The number of rotatable bonds is 9. The number of aryl methyl sites for hydroxylation is 1. The van der Waals surface area contributed by atoms with Crippen molar-refractivity contribution in [1.82, 2.24) is 29.8 Å². The van der Waals surface area contributed by atoms with E-state index < -0.39 is 11.6 Å². The highest BCUT2D eigenvalue weighted by Crippen LogP contribution is 2.30. The molecule has 2 fully saturated rings. The van der Waals surface area contributed by atoms with Gasteiger partial charge in [-0.2, -0.15) is 24.0 Å². The van der Waals surface area contributed by atoms with E-state index in [-0.39, 0.29) is 23.7 Å². The van der Waals surface area contributed by atoms with E-state index in [0.29, 0.717) is 42.5 Å². The van der Waals surface area contributed by atoms with Gasteiger partial charge < -0.3 is 20.1 Å². The summed E-state index contributed by atoms with van der Waals surface area (Å²) in [5, 5.41) is 10.8. The lowest BCUT2D eigenvalue weighted by Gasteiger charge is -2.26. The van der Waals surface area contributed by atoms with Crippen molar-refractivity contribution in [3.63, 3.8) is 0 Å². The van der Waals surface area contributed by atoms with Crippen molar-refractivity contribution < 1.29 is 23.0 Å². The molecule has 2 aliphatic rings. The van der Waals surface area contributed by atoms with Crippen LogP contribution in [0.2, 0.25) is 0 Å². The van der Waals surface area contributed by atoms with Gasteiger partial charge in [0.25, 0.3) is 5.91 Å². The van der Waals surface area contributed by atoms with Gasteiger partial charge in [-0.3, -0.25) is 9.69 Å². The maximum Gasteiger partial charge on any atom is 0.327 e. The lowest BCUT2D eigenvalue weighted by Crippen LogP contribution is -2.39. The molecule has 208 valence electrons. The molecule has 0 bridgehead atoms. The molecular formula is C28H29F2N7O3. The van der Waals surface area contributed by atoms with Crippen LogP contribution in [0.1, 0.15) is 28.8 Å². The summed E-state index contributed by atoms with van der Waals surface area (Å²) in [7, 11) is 0. The van der Waals surface area contributed by atoms with E-state index in [2.05, 4.69) is 30.6 Å². The number of ether oxygens (including phenoxy) is 2. The van der Waals surface area contributed by atoms with E-state index in [1.807, 2.05) is 19.1 Å². The highest BCUT2D eigenvalue weighted by molar-refractivity contribution is 5.97. The number of benzene rings is 2. The molecule has 0 atom stereocenters. The van der Waals surface area contributed by atoms with Crippen LogP contribution in [0.4, 0.5) is 14.7 Å². The van der Waals surface area contributed by atoms with Gasteiger partial charge in [0.2, 0.25) is 11.8 Å². The van der Waals surface area contributed by atoms with Gasteiger partial charge in [-0.15, -0.1) is 0 Å². The predicted molar refractivity (Wildman–Crippen MR) is 144 cm³/mol. The Morgan fingerprint density at radius 1 is 1.15 bits per heavy atom. The molecule has 1 aliphatic heterocycles. The van der Waals surface area contributed by atoms with Crippen molar-refractivity contribution in [2.24, 2.45) is 0 Å². The van der Waals surface area contributed by atoms with E-state index in [9.17, 15) is 13.6 Å². The quantitative estimate of drug-likeness (QED) is 0.325. The molecule has 40 heavy (non-hydrogen) atoms. The number of morpholine rings is 1. The molecule has 0 radical (unpaired) electrons. The number of aromatic nitrogens is 4. The Morgan fingerprint density at radius 3 is 2.75 bits per heavy atom. The third kappa shape index (κ3) is 5.58. The zero-order valence-corrected chi connectivity index (χ0v) is 22.0. The smallest absolute Gasteiger partial charge is 0.327 e. The zero-order valence-electron chi connectivity index (χ0n) is 22.0.